The number of carbonyl (C=O) groups excluding carboxylic acids is 1. The van der Waals surface area contributed by atoms with E-state index in [-0.39, 0.29) is 5.92 Å². The minimum Gasteiger partial charge on any atom is -0.497 e. The Kier molecular flexibility index (Phi) is 5.36. The summed E-state index contributed by atoms with van der Waals surface area (Å²) >= 11 is 0. The molecule has 6 nitrogen and oxygen atoms in total. The van der Waals surface area contributed by atoms with Crippen molar-refractivity contribution in [3.63, 3.8) is 0 Å². The van der Waals surface area contributed by atoms with E-state index < -0.39 is 23.7 Å². The molecule has 0 aromatic heterocycles. The summed E-state index contributed by atoms with van der Waals surface area (Å²) in [4.78, 5) is 25.4. The zero-order valence-electron chi connectivity index (χ0n) is 14.6. The van der Waals surface area contributed by atoms with E-state index in [9.17, 15) is 14.7 Å². The maximum atomic E-state index is 12.3. The predicted octanol–water partition coefficient (Wildman–Crippen LogP) is 2.95. The summed E-state index contributed by atoms with van der Waals surface area (Å²) < 4.78 is 10.5. The molecule has 1 aliphatic rings. The highest BCUT2D eigenvalue weighted by atomic mass is 16.6. The lowest BCUT2D eigenvalue weighted by atomic mass is 9.92. The highest BCUT2D eigenvalue weighted by Gasteiger charge is 2.43. The number of rotatable bonds is 4. The molecule has 1 N–H and O–H groups in total. The van der Waals surface area contributed by atoms with Crippen LogP contribution in [0.2, 0.25) is 0 Å². The molecule has 0 radical (unpaired) electrons. The van der Waals surface area contributed by atoms with Crippen LogP contribution in [-0.4, -0.2) is 47.4 Å². The third-order valence-corrected chi connectivity index (χ3v) is 4.04. The number of benzene rings is 1. The standard InChI is InChI=1S/C18H25NO5/c1-18(2,3)24-17(22)19-9-8-13(15(19)16(20)21)10-12-6-5-7-14(11-12)23-4/h5-7,11,13,15H,8-10H2,1-4H3,(H,20,21)/t13-,15+/m1/s1. The molecule has 1 aromatic carbocycles. The van der Waals surface area contributed by atoms with Crippen LogP contribution in [0.25, 0.3) is 0 Å². The molecule has 1 heterocycles. The van der Waals surface area contributed by atoms with Gasteiger partial charge < -0.3 is 14.6 Å². The van der Waals surface area contributed by atoms with Crippen molar-refractivity contribution in [2.24, 2.45) is 5.92 Å². The molecular formula is C18H25NO5. The quantitative estimate of drug-likeness (QED) is 0.915. The zero-order valence-corrected chi connectivity index (χ0v) is 14.6. The third-order valence-electron chi connectivity index (χ3n) is 4.04. The number of carbonyl (C=O) groups is 2. The molecule has 1 aromatic rings. The second-order valence-electron chi connectivity index (χ2n) is 7.06. The second-order valence-corrected chi connectivity index (χ2v) is 7.06. The third kappa shape index (κ3) is 4.40. The number of nitrogens with zero attached hydrogens (tertiary/aromatic N) is 1. The molecule has 0 spiro atoms. The Balaban J connectivity index is 2.13. The smallest absolute Gasteiger partial charge is 0.411 e. The molecule has 132 valence electrons. The van der Waals surface area contributed by atoms with E-state index in [1.165, 1.54) is 4.90 Å². The summed E-state index contributed by atoms with van der Waals surface area (Å²) in [7, 11) is 1.60. The van der Waals surface area contributed by atoms with Gasteiger partial charge in [0.2, 0.25) is 0 Å². The highest BCUT2D eigenvalue weighted by Crippen LogP contribution is 2.30. The molecule has 2 atom stereocenters. The summed E-state index contributed by atoms with van der Waals surface area (Å²) in [5, 5.41) is 9.61. The fourth-order valence-corrected chi connectivity index (χ4v) is 3.03. The number of hydrogen-bond donors (Lipinski definition) is 1. The maximum absolute atomic E-state index is 12.3. The lowest BCUT2D eigenvalue weighted by molar-refractivity contribution is -0.143. The first kappa shape index (κ1) is 18.1. The maximum Gasteiger partial charge on any atom is 0.411 e. The van der Waals surface area contributed by atoms with E-state index in [4.69, 9.17) is 9.47 Å². The van der Waals surface area contributed by atoms with Crippen LogP contribution in [0.3, 0.4) is 0 Å². The van der Waals surface area contributed by atoms with E-state index in [1.54, 1.807) is 27.9 Å². The molecule has 1 fully saturated rings. The van der Waals surface area contributed by atoms with Crippen LogP contribution in [-0.2, 0) is 16.0 Å². The van der Waals surface area contributed by atoms with Crippen molar-refractivity contribution in [3.05, 3.63) is 29.8 Å². The average molecular weight is 335 g/mol. The first-order valence-corrected chi connectivity index (χ1v) is 8.06. The molecule has 1 aliphatic heterocycles. The molecule has 2 rings (SSSR count). The number of likely N-dealkylation sites (tertiary alicyclic amines) is 1. The molecule has 1 amide bonds. The van der Waals surface area contributed by atoms with Gasteiger partial charge in [-0.1, -0.05) is 12.1 Å². The Hall–Kier alpha value is -2.24. The van der Waals surface area contributed by atoms with Crippen LogP contribution in [0, 0.1) is 5.92 Å². The topological polar surface area (TPSA) is 76.1 Å². The van der Waals surface area contributed by atoms with Crippen molar-refractivity contribution in [2.45, 2.75) is 45.3 Å². The van der Waals surface area contributed by atoms with Gasteiger partial charge in [0.15, 0.2) is 0 Å². The van der Waals surface area contributed by atoms with Crippen LogP contribution in [0.1, 0.15) is 32.8 Å². The molecule has 0 saturated carbocycles. The first-order valence-electron chi connectivity index (χ1n) is 8.06. The van der Waals surface area contributed by atoms with E-state index in [0.717, 1.165) is 11.3 Å². The molecule has 0 bridgehead atoms. The summed E-state index contributed by atoms with van der Waals surface area (Å²) in [5.41, 5.74) is 0.349. The molecule has 0 unspecified atom stereocenters. The van der Waals surface area contributed by atoms with Crippen molar-refractivity contribution < 1.29 is 24.2 Å². The molecular weight excluding hydrogens is 310 g/mol. The fraction of sp³-hybridized carbons (Fsp3) is 0.556. The highest BCUT2D eigenvalue weighted by molar-refractivity contribution is 5.81. The monoisotopic (exact) mass is 335 g/mol. The van der Waals surface area contributed by atoms with Gasteiger partial charge in [0, 0.05) is 6.54 Å². The van der Waals surface area contributed by atoms with Crippen molar-refractivity contribution in [2.75, 3.05) is 13.7 Å². The lowest BCUT2D eigenvalue weighted by Crippen LogP contribution is -2.45. The van der Waals surface area contributed by atoms with Crippen molar-refractivity contribution >= 4 is 12.1 Å². The summed E-state index contributed by atoms with van der Waals surface area (Å²) in [5.74, 6) is -0.408. The Morgan fingerprint density at radius 2 is 2.04 bits per heavy atom. The Morgan fingerprint density at radius 1 is 1.33 bits per heavy atom. The number of amides is 1. The van der Waals surface area contributed by atoms with E-state index in [1.807, 2.05) is 24.3 Å². The number of carboxylic acids is 1. The normalized spacial score (nSPS) is 20.8. The largest absolute Gasteiger partial charge is 0.497 e. The number of methoxy groups -OCH3 is 1. The van der Waals surface area contributed by atoms with E-state index in [2.05, 4.69) is 0 Å². The molecule has 24 heavy (non-hydrogen) atoms. The van der Waals surface area contributed by atoms with Gasteiger partial charge >= 0.3 is 12.1 Å². The second kappa shape index (κ2) is 7.11. The number of hydrogen-bond acceptors (Lipinski definition) is 4. The minimum atomic E-state index is -0.994. The van der Waals surface area contributed by atoms with Gasteiger partial charge in [0.25, 0.3) is 0 Å². The minimum absolute atomic E-state index is 0.151. The predicted molar refractivity (Wildman–Crippen MR) is 89.2 cm³/mol. The zero-order chi connectivity index (χ0) is 17.9. The summed E-state index contributed by atoms with van der Waals surface area (Å²) in [6, 6.07) is 6.70. The van der Waals surface area contributed by atoms with Crippen molar-refractivity contribution in [3.8, 4) is 5.75 Å². The van der Waals surface area contributed by atoms with Gasteiger partial charge in [0.1, 0.15) is 17.4 Å². The lowest BCUT2D eigenvalue weighted by Gasteiger charge is -2.28. The summed E-state index contributed by atoms with van der Waals surface area (Å²) in [6.45, 7) is 5.69. The fourth-order valence-electron chi connectivity index (χ4n) is 3.03. The van der Waals surface area contributed by atoms with Gasteiger partial charge in [0.05, 0.1) is 7.11 Å². The Bertz CT molecular complexity index is 608. The van der Waals surface area contributed by atoms with Gasteiger partial charge in [-0.15, -0.1) is 0 Å². The Labute approximate surface area is 142 Å². The van der Waals surface area contributed by atoms with E-state index >= 15 is 0 Å². The summed E-state index contributed by atoms with van der Waals surface area (Å²) in [6.07, 6.45) is 0.643. The Morgan fingerprint density at radius 3 is 2.62 bits per heavy atom. The van der Waals surface area contributed by atoms with Crippen LogP contribution in [0.15, 0.2) is 24.3 Å². The number of carboxylic acid groups (broad SMARTS) is 1. The number of ether oxygens (including phenoxy) is 2. The van der Waals surface area contributed by atoms with Crippen molar-refractivity contribution in [1.29, 1.82) is 0 Å². The molecule has 1 saturated heterocycles. The van der Waals surface area contributed by atoms with Crippen LogP contribution in [0.5, 0.6) is 5.75 Å². The average Bonchev–Trinajstić information content (AvgIpc) is 2.89. The first-order chi connectivity index (χ1) is 11.2. The van der Waals surface area contributed by atoms with Gasteiger partial charge in [-0.3, -0.25) is 4.90 Å². The van der Waals surface area contributed by atoms with Gasteiger partial charge in [-0.05, 0) is 57.2 Å². The van der Waals surface area contributed by atoms with Gasteiger partial charge in [-0.25, -0.2) is 9.59 Å². The van der Waals surface area contributed by atoms with Crippen LogP contribution < -0.4 is 4.74 Å². The molecule has 0 aliphatic carbocycles. The van der Waals surface area contributed by atoms with E-state index in [0.29, 0.717) is 19.4 Å². The van der Waals surface area contributed by atoms with Gasteiger partial charge in [-0.2, -0.15) is 0 Å². The van der Waals surface area contributed by atoms with Crippen molar-refractivity contribution in [1.82, 2.24) is 4.90 Å². The SMILES string of the molecule is COc1cccc(C[C@H]2CCN(C(=O)OC(C)(C)C)[C@@H]2C(=O)O)c1. The molecule has 6 heteroatoms. The van der Waals surface area contributed by atoms with Crippen LogP contribution in [0.4, 0.5) is 4.79 Å². The number of aliphatic carboxylic acids is 1. The van der Waals surface area contributed by atoms with Crippen LogP contribution >= 0.6 is 0 Å².